The van der Waals surface area contributed by atoms with E-state index in [9.17, 15) is 0 Å². The highest BCUT2D eigenvalue weighted by molar-refractivity contribution is 7.20. The van der Waals surface area contributed by atoms with Crippen LogP contribution in [0.1, 0.15) is 0 Å². The maximum absolute atomic E-state index is 5.64. The Morgan fingerprint density at radius 1 is 1.40 bits per heavy atom. The number of likely N-dealkylation sites (N-methyl/N-ethyl adjacent to an activating group) is 1. The normalized spacial score (nSPS) is 15.0. The molecule has 0 saturated carbocycles. The van der Waals surface area contributed by atoms with Crippen LogP contribution in [0.3, 0.4) is 0 Å². The zero-order valence-corrected chi connectivity index (χ0v) is 9.12. The third-order valence-electron chi connectivity index (χ3n) is 2.38. The average molecular weight is 218 g/mol. The van der Waals surface area contributed by atoms with Gasteiger partial charge in [0.25, 0.3) is 5.19 Å². The highest BCUT2D eigenvalue weighted by Crippen LogP contribution is 2.29. The number of hydrogen-bond acceptors (Lipinski definition) is 4. The molecule has 2 aromatic rings. The number of aromatic nitrogens is 1. The number of para-hydroxylation sites is 1. The number of rotatable bonds is 2. The van der Waals surface area contributed by atoms with E-state index in [4.69, 9.17) is 4.74 Å². The largest absolute Gasteiger partial charge is 0.414 e. The lowest BCUT2D eigenvalue weighted by Gasteiger charge is -2.27. The third-order valence-corrected chi connectivity index (χ3v) is 3.30. The predicted molar refractivity (Wildman–Crippen MR) is 61.0 cm³/mol. The Balaban J connectivity index is 1.92. The Hall–Kier alpha value is -1.55. The Bertz CT molecular complexity index is 499. The summed E-state index contributed by atoms with van der Waals surface area (Å²) < 4.78 is 6.80. The maximum atomic E-state index is 5.64. The summed E-state index contributed by atoms with van der Waals surface area (Å²) in [5.41, 5.74) is 1.00. The Morgan fingerprint density at radius 2 is 2.27 bits per heavy atom. The Kier molecular flexibility index (Phi) is 1.89. The topological polar surface area (TPSA) is 25.4 Å². The monoisotopic (exact) mass is 218 g/mol. The van der Waals surface area contributed by atoms with Gasteiger partial charge in [-0.2, -0.15) is 0 Å². The lowest BCUT2D eigenvalue weighted by molar-refractivity contribution is 0.224. The Morgan fingerprint density at radius 3 is 2.93 bits per heavy atom. The van der Waals surface area contributed by atoms with Crippen LogP contribution in [-0.4, -0.2) is 23.5 Å². The molecular weight excluding hydrogens is 208 g/mol. The number of ether oxygens (including phenoxy) is 1. The molecular formula is C11H10N2OS. The SMILES string of the molecule is CN1CC=C1Oc1nc2ccccc2s1. The molecule has 0 unspecified atom stereocenters. The summed E-state index contributed by atoms with van der Waals surface area (Å²) in [6.45, 7) is 0.959. The molecule has 0 saturated heterocycles. The second kappa shape index (κ2) is 3.24. The molecule has 0 aliphatic carbocycles. The van der Waals surface area contributed by atoms with E-state index in [1.807, 2.05) is 36.2 Å². The van der Waals surface area contributed by atoms with Crippen molar-refractivity contribution in [1.82, 2.24) is 9.88 Å². The number of benzene rings is 1. The van der Waals surface area contributed by atoms with Gasteiger partial charge in [0, 0.05) is 13.6 Å². The molecule has 1 aromatic carbocycles. The van der Waals surface area contributed by atoms with E-state index in [1.54, 1.807) is 11.3 Å². The molecule has 4 heteroatoms. The number of fused-ring (bicyclic) bond motifs is 1. The van der Waals surface area contributed by atoms with Crippen LogP contribution in [-0.2, 0) is 0 Å². The van der Waals surface area contributed by atoms with E-state index in [1.165, 1.54) is 0 Å². The molecule has 0 amide bonds. The van der Waals surface area contributed by atoms with Gasteiger partial charge in [-0.15, -0.1) is 0 Å². The molecule has 1 aliphatic heterocycles. The number of thiazole rings is 1. The summed E-state index contributed by atoms with van der Waals surface area (Å²) in [4.78, 5) is 6.45. The molecule has 2 heterocycles. The van der Waals surface area contributed by atoms with Crippen LogP contribution in [0.5, 0.6) is 5.19 Å². The van der Waals surface area contributed by atoms with Crippen molar-refractivity contribution in [2.24, 2.45) is 0 Å². The average Bonchev–Trinajstić information content (AvgIpc) is 2.66. The van der Waals surface area contributed by atoms with Crippen LogP contribution in [0, 0.1) is 0 Å². The molecule has 0 atom stereocenters. The van der Waals surface area contributed by atoms with Crippen LogP contribution in [0.25, 0.3) is 10.2 Å². The van der Waals surface area contributed by atoms with Gasteiger partial charge in [-0.25, -0.2) is 4.98 Å². The van der Waals surface area contributed by atoms with Gasteiger partial charge in [-0.05, 0) is 18.2 Å². The van der Waals surface area contributed by atoms with Crippen LogP contribution in [0.15, 0.2) is 36.2 Å². The molecule has 15 heavy (non-hydrogen) atoms. The second-order valence-electron chi connectivity index (χ2n) is 3.47. The summed E-state index contributed by atoms with van der Waals surface area (Å²) in [7, 11) is 2.00. The minimum Gasteiger partial charge on any atom is -0.414 e. The standard InChI is InChI=1S/C11H10N2OS/c1-13-7-6-10(13)14-11-12-8-4-2-3-5-9(8)15-11/h2-6H,7H2,1H3. The van der Waals surface area contributed by atoms with Crippen LogP contribution >= 0.6 is 11.3 Å². The minimum absolute atomic E-state index is 0.717. The molecule has 3 nitrogen and oxygen atoms in total. The Labute approximate surface area is 91.6 Å². The summed E-state index contributed by atoms with van der Waals surface area (Å²) in [6.07, 6.45) is 2.05. The van der Waals surface area contributed by atoms with Gasteiger partial charge in [0.15, 0.2) is 5.88 Å². The van der Waals surface area contributed by atoms with Crippen molar-refractivity contribution in [3.8, 4) is 5.19 Å². The molecule has 0 spiro atoms. The molecule has 76 valence electrons. The molecule has 0 radical (unpaired) electrons. The van der Waals surface area contributed by atoms with Gasteiger partial charge < -0.3 is 9.64 Å². The summed E-state index contributed by atoms with van der Waals surface area (Å²) in [6, 6.07) is 8.05. The van der Waals surface area contributed by atoms with Gasteiger partial charge in [0.2, 0.25) is 0 Å². The zero-order chi connectivity index (χ0) is 10.3. The quantitative estimate of drug-likeness (QED) is 0.774. The number of hydrogen-bond donors (Lipinski definition) is 0. The highest BCUT2D eigenvalue weighted by atomic mass is 32.1. The van der Waals surface area contributed by atoms with E-state index < -0.39 is 0 Å². The zero-order valence-electron chi connectivity index (χ0n) is 8.30. The van der Waals surface area contributed by atoms with Gasteiger partial charge in [0.05, 0.1) is 10.2 Å². The lowest BCUT2D eigenvalue weighted by Crippen LogP contribution is -2.30. The van der Waals surface area contributed by atoms with Crippen molar-refractivity contribution in [3.05, 3.63) is 36.2 Å². The molecule has 0 fully saturated rings. The fraction of sp³-hybridized carbons (Fsp3) is 0.182. The highest BCUT2D eigenvalue weighted by Gasteiger charge is 2.16. The molecule has 1 aromatic heterocycles. The molecule has 0 N–H and O–H groups in total. The first-order valence-electron chi connectivity index (χ1n) is 4.78. The summed E-state index contributed by atoms with van der Waals surface area (Å²) in [5, 5.41) is 0.717. The van der Waals surface area contributed by atoms with E-state index >= 15 is 0 Å². The first-order valence-corrected chi connectivity index (χ1v) is 5.59. The summed E-state index contributed by atoms with van der Waals surface area (Å²) >= 11 is 1.58. The second-order valence-corrected chi connectivity index (χ2v) is 4.47. The van der Waals surface area contributed by atoms with E-state index in [-0.39, 0.29) is 0 Å². The van der Waals surface area contributed by atoms with Gasteiger partial charge >= 0.3 is 0 Å². The summed E-state index contributed by atoms with van der Waals surface area (Å²) in [5.74, 6) is 0.897. The molecule has 1 aliphatic rings. The predicted octanol–water partition coefficient (Wildman–Crippen LogP) is 2.46. The first kappa shape index (κ1) is 8.73. The van der Waals surface area contributed by atoms with Crippen LogP contribution in [0.2, 0.25) is 0 Å². The van der Waals surface area contributed by atoms with Crippen molar-refractivity contribution in [2.45, 2.75) is 0 Å². The van der Waals surface area contributed by atoms with E-state index in [2.05, 4.69) is 11.1 Å². The fourth-order valence-corrected chi connectivity index (χ4v) is 2.28. The minimum atomic E-state index is 0.717. The van der Waals surface area contributed by atoms with E-state index in [0.29, 0.717) is 5.19 Å². The first-order chi connectivity index (χ1) is 7.33. The third kappa shape index (κ3) is 1.47. The van der Waals surface area contributed by atoms with Crippen molar-refractivity contribution in [3.63, 3.8) is 0 Å². The smallest absolute Gasteiger partial charge is 0.281 e. The molecule has 0 bridgehead atoms. The maximum Gasteiger partial charge on any atom is 0.281 e. The van der Waals surface area contributed by atoms with E-state index in [0.717, 1.165) is 22.6 Å². The van der Waals surface area contributed by atoms with Crippen molar-refractivity contribution >= 4 is 21.6 Å². The van der Waals surface area contributed by atoms with Crippen molar-refractivity contribution < 1.29 is 4.74 Å². The number of nitrogens with zero attached hydrogens (tertiary/aromatic N) is 2. The lowest BCUT2D eigenvalue weighted by atomic mass is 10.3. The van der Waals surface area contributed by atoms with Gasteiger partial charge in [-0.1, -0.05) is 23.5 Å². The fourth-order valence-electron chi connectivity index (χ4n) is 1.45. The van der Waals surface area contributed by atoms with Crippen molar-refractivity contribution in [2.75, 3.05) is 13.6 Å². The van der Waals surface area contributed by atoms with Gasteiger partial charge in [-0.3, -0.25) is 0 Å². The van der Waals surface area contributed by atoms with Crippen LogP contribution in [0.4, 0.5) is 0 Å². The van der Waals surface area contributed by atoms with Crippen molar-refractivity contribution in [1.29, 1.82) is 0 Å². The molecule has 3 rings (SSSR count). The van der Waals surface area contributed by atoms with Crippen LogP contribution < -0.4 is 4.74 Å². The van der Waals surface area contributed by atoms with Gasteiger partial charge in [0.1, 0.15) is 0 Å².